The minimum Gasteiger partial charge on any atom is -0.492 e. The summed E-state index contributed by atoms with van der Waals surface area (Å²) in [7, 11) is 1.93. The first-order valence-electron chi connectivity index (χ1n) is 10.5. The molecular weight excluding hydrogens is 426 g/mol. The minimum atomic E-state index is -0.304. The molecule has 1 amide bonds. The van der Waals surface area contributed by atoms with Crippen molar-refractivity contribution in [3.63, 3.8) is 0 Å². The number of anilines is 1. The normalized spacial score (nSPS) is 11.3. The number of carbonyl (C=O) groups is 1. The summed E-state index contributed by atoms with van der Waals surface area (Å²) >= 11 is 6.04. The molecule has 0 atom stereocenters. The van der Waals surface area contributed by atoms with E-state index in [2.05, 4.69) is 20.7 Å². The van der Waals surface area contributed by atoms with Crippen LogP contribution in [-0.2, 0) is 13.5 Å². The lowest BCUT2D eigenvalue weighted by molar-refractivity contribution is 0.0977. The van der Waals surface area contributed by atoms with E-state index < -0.39 is 0 Å². The SMILES string of the molecule is CCOc1ccccc1NC(=NCCc1c(C)nn(C)c1C)NC(=O)c1cccc(Cl)c1. The van der Waals surface area contributed by atoms with E-state index >= 15 is 0 Å². The molecule has 0 aliphatic rings. The third-order valence-electron chi connectivity index (χ3n) is 5.05. The Morgan fingerprint density at radius 2 is 1.97 bits per heavy atom. The van der Waals surface area contributed by atoms with Gasteiger partial charge >= 0.3 is 0 Å². The number of ether oxygens (including phenoxy) is 1. The van der Waals surface area contributed by atoms with Crippen molar-refractivity contribution in [2.75, 3.05) is 18.5 Å². The number of benzene rings is 2. The third-order valence-corrected chi connectivity index (χ3v) is 5.28. The van der Waals surface area contributed by atoms with Crippen LogP contribution in [0.15, 0.2) is 53.5 Å². The molecule has 0 fully saturated rings. The number of aliphatic imine (C=N–C) groups is 1. The molecule has 0 radical (unpaired) electrons. The maximum absolute atomic E-state index is 12.8. The van der Waals surface area contributed by atoms with Crippen molar-refractivity contribution in [3.8, 4) is 5.75 Å². The molecule has 2 aromatic carbocycles. The third kappa shape index (κ3) is 5.88. The van der Waals surface area contributed by atoms with E-state index in [0.717, 1.165) is 17.0 Å². The van der Waals surface area contributed by atoms with Gasteiger partial charge in [-0.05, 0) is 63.1 Å². The highest BCUT2D eigenvalue weighted by Crippen LogP contribution is 2.23. The molecular formula is C24H28ClN5O2. The number of guanidine groups is 1. The van der Waals surface area contributed by atoms with Crippen LogP contribution in [0.5, 0.6) is 5.75 Å². The monoisotopic (exact) mass is 453 g/mol. The van der Waals surface area contributed by atoms with Crippen LogP contribution in [0.25, 0.3) is 0 Å². The number of aromatic nitrogens is 2. The Labute approximate surface area is 193 Å². The van der Waals surface area contributed by atoms with Crippen molar-refractivity contribution in [1.29, 1.82) is 0 Å². The summed E-state index contributed by atoms with van der Waals surface area (Å²) in [5, 5.41) is 11.0. The van der Waals surface area contributed by atoms with Gasteiger partial charge in [0.1, 0.15) is 5.75 Å². The zero-order valence-electron chi connectivity index (χ0n) is 18.8. The molecule has 3 rings (SSSR count). The van der Waals surface area contributed by atoms with Gasteiger partial charge in [0.15, 0.2) is 0 Å². The summed E-state index contributed by atoms with van der Waals surface area (Å²) in [4.78, 5) is 17.5. The summed E-state index contributed by atoms with van der Waals surface area (Å²) in [6.07, 6.45) is 0.705. The maximum Gasteiger partial charge on any atom is 0.258 e. The van der Waals surface area contributed by atoms with Crippen molar-refractivity contribution >= 4 is 29.2 Å². The van der Waals surface area contributed by atoms with Gasteiger partial charge in [0.2, 0.25) is 5.96 Å². The summed E-state index contributed by atoms with van der Waals surface area (Å²) in [6.45, 7) is 6.95. The van der Waals surface area contributed by atoms with E-state index in [1.165, 1.54) is 0 Å². The number of rotatable bonds is 7. The number of carbonyl (C=O) groups excluding carboxylic acids is 1. The summed E-state index contributed by atoms with van der Waals surface area (Å²) < 4.78 is 7.56. The topological polar surface area (TPSA) is 80.5 Å². The van der Waals surface area contributed by atoms with Crippen LogP contribution < -0.4 is 15.4 Å². The van der Waals surface area contributed by atoms with Crippen LogP contribution in [0.3, 0.4) is 0 Å². The quantitative estimate of drug-likeness (QED) is 0.407. The number of halogens is 1. The van der Waals surface area contributed by atoms with Crippen LogP contribution in [0.4, 0.5) is 5.69 Å². The van der Waals surface area contributed by atoms with Crippen molar-refractivity contribution in [2.45, 2.75) is 27.2 Å². The number of amides is 1. The predicted molar refractivity (Wildman–Crippen MR) is 129 cm³/mol. The van der Waals surface area contributed by atoms with Crippen LogP contribution in [0.1, 0.15) is 34.2 Å². The lowest BCUT2D eigenvalue weighted by Gasteiger charge is -2.15. The van der Waals surface area contributed by atoms with Crippen molar-refractivity contribution in [3.05, 3.63) is 76.1 Å². The lowest BCUT2D eigenvalue weighted by atomic mass is 10.1. The van der Waals surface area contributed by atoms with Gasteiger partial charge in [0, 0.05) is 29.9 Å². The number of nitrogens with zero attached hydrogens (tertiary/aromatic N) is 3. The molecule has 8 heteroatoms. The lowest BCUT2D eigenvalue weighted by Crippen LogP contribution is -2.36. The molecule has 32 heavy (non-hydrogen) atoms. The Hall–Kier alpha value is -3.32. The number of hydrogen-bond donors (Lipinski definition) is 2. The standard InChI is InChI=1S/C24H28ClN5O2/c1-5-32-22-12-7-6-11-21(22)27-24(28-23(31)18-9-8-10-19(25)15-18)26-14-13-20-16(2)29-30(4)17(20)3/h6-12,15H,5,13-14H2,1-4H3,(H2,26,27,28,31). The molecule has 0 spiro atoms. The molecule has 7 nitrogen and oxygen atoms in total. The smallest absolute Gasteiger partial charge is 0.258 e. The Balaban J connectivity index is 1.83. The van der Waals surface area contributed by atoms with E-state index in [0.29, 0.717) is 47.6 Å². The summed E-state index contributed by atoms with van der Waals surface area (Å²) in [6, 6.07) is 14.3. The molecule has 1 heterocycles. The minimum absolute atomic E-state index is 0.304. The van der Waals surface area contributed by atoms with Crippen LogP contribution in [-0.4, -0.2) is 34.8 Å². The van der Waals surface area contributed by atoms with Crippen LogP contribution in [0, 0.1) is 13.8 Å². The van der Waals surface area contributed by atoms with Gasteiger partial charge in [-0.3, -0.25) is 19.8 Å². The van der Waals surface area contributed by atoms with Gasteiger partial charge in [0.25, 0.3) is 5.91 Å². The molecule has 0 aliphatic carbocycles. The molecule has 0 saturated carbocycles. The fourth-order valence-electron chi connectivity index (χ4n) is 3.36. The average Bonchev–Trinajstić information content (AvgIpc) is 3.01. The highest BCUT2D eigenvalue weighted by molar-refractivity contribution is 6.31. The zero-order valence-corrected chi connectivity index (χ0v) is 19.5. The van der Waals surface area contributed by atoms with Crippen LogP contribution >= 0.6 is 11.6 Å². The first-order chi connectivity index (χ1) is 15.4. The predicted octanol–water partition coefficient (Wildman–Crippen LogP) is 4.53. The number of nitrogens with one attached hydrogen (secondary N) is 2. The Morgan fingerprint density at radius 3 is 2.66 bits per heavy atom. The van der Waals surface area contributed by atoms with Gasteiger partial charge in [-0.1, -0.05) is 29.8 Å². The van der Waals surface area contributed by atoms with E-state index in [1.807, 2.05) is 56.8 Å². The number of para-hydroxylation sites is 2. The van der Waals surface area contributed by atoms with E-state index in [9.17, 15) is 4.79 Å². The highest BCUT2D eigenvalue weighted by atomic mass is 35.5. The van der Waals surface area contributed by atoms with Gasteiger partial charge in [-0.25, -0.2) is 0 Å². The van der Waals surface area contributed by atoms with E-state index in [4.69, 9.17) is 16.3 Å². The second kappa shape index (κ2) is 10.8. The molecule has 2 N–H and O–H groups in total. The Bertz CT molecular complexity index is 1120. The average molecular weight is 454 g/mol. The summed E-state index contributed by atoms with van der Waals surface area (Å²) in [5.41, 5.74) is 4.42. The second-order valence-corrected chi connectivity index (χ2v) is 7.71. The fourth-order valence-corrected chi connectivity index (χ4v) is 3.55. The number of aryl methyl sites for hydroxylation is 2. The Morgan fingerprint density at radius 1 is 1.19 bits per heavy atom. The van der Waals surface area contributed by atoms with Crippen molar-refractivity contribution in [2.24, 2.45) is 12.0 Å². The van der Waals surface area contributed by atoms with Crippen molar-refractivity contribution in [1.82, 2.24) is 15.1 Å². The molecule has 3 aromatic rings. The number of hydrogen-bond acceptors (Lipinski definition) is 4. The van der Waals surface area contributed by atoms with Gasteiger partial charge in [0.05, 0.1) is 18.0 Å². The first-order valence-corrected chi connectivity index (χ1v) is 10.9. The second-order valence-electron chi connectivity index (χ2n) is 7.27. The van der Waals surface area contributed by atoms with Gasteiger partial charge < -0.3 is 10.1 Å². The molecule has 0 unspecified atom stereocenters. The molecule has 0 saturated heterocycles. The highest BCUT2D eigenvalue weighted by Gasteiger charge is 2.13. The van der Waals surface area contributed by atoms with E-state index in [1.54, 1.807) is 24.3 Å². The molecule has 0 bridgehead atoms. The molecule has 1 aromatic heterocycles. The first kappa shape index (κ1) is 23.3. The Kier molecular flexibility index (Phi) is 7.89. The van der Waals surface area contributed by atoms with Gasteiger partial charge in [-0.2, -0.15) is 5.10 Å². The molecule has 168 valence electrons. The van der Waals surface area contributed by atoms with Gasteiger partial charge in [-0.15, -0.1) is 0 Å². The van der Waals surface area contributed by atoms with Crippen molar-refractivity contribution < 1.29 is 9.53 Å². The largest absolute Gasteiger partial charge is 0.492 e. The summed E-state index contributed by atoms with van der Waals surface area (Å²) in [5.74, 6) is 0.710. The zero-order chi connectivity index (χ0) is 23.1. The molecule has 0 aliphatic heterocycles. The fraction of sp³-hybridized carbons (Fsp3) is 0.292. The van der Waals surface area contributed by atoms with Crippen LogP contribution in [0.2, 0.25) is 5.02 Å². The maximum atomic E-state index is 12.8. The van der Waals surface area contributed by atoms with E-state index in [-0.39, 0.29) is 5.91 Å².